The lowest BCUT2D eigenvalue weighted by atomic mass is 10.1. The van der Waals surface area contributed by atoms with E-state index in [4.69, 9.17) is 9.84 Å². The van der Waals surface area contributed by atoms with Gasteiger partial charge in [-0.05, 0) is 49.7 Å². The summed E-state index contributed by atoms with van der Waals surface area (Å²) < 4.78 is 5.72. The van der Waals surface area contributed by atoms with Gasteiger partial charge >= 0.3 is 5.97 Å². The number of pyridine rings is 1. The number of aryl methyl sites for hydroxylation is 2. The molecule has 1 N–H and O–H groups in total. The minimum absolute atomic E-state index is 0.253. The third-order valence-corrected chi connectivity index (χ3v) is 2.60. The Bertz CT molecular complexity index is 593. The van der Waals surface area contributed by atoms with Crippen LogP contribution in [0.4, 0.5) is 0 Å². The van der Waals surface area contributed by atoms with E-state index < -0.39 is 5.97 Å². The fourth-order valence-electron chi connectivity index (χ4n) is 1.59. The highest BCUT2D eigenvalue weighted by Gasteiger charge is 2.08. The van der Waals surface area contributed by atoms with E-state index >= 15 is 0 Å². The van der Waals surface area contributed by atoms with Crippen LogP contribution in [-0.2, 0) is 0 Å². The van der Waals surface area contributed by atoms with Gasteiger partial charge in [0.2, 0.25) is 0 Å². The highest BCUT2D eigenvalue weighted by Crippen LogP contribution is 2.27. The van der Waals surface area contributed by atoms with Crippen LogP contribution in [0.5, 0.6) is 11.5 Å². The minimum atomic E-state index is -0.942. The molecule has 0 atom stereocenters. The van der Waals surface area contributed by atoms with Crippen LogP contribution in [-0.4, -0.2) is 16.1 Å². The standard InChI is InChI=1S/C14H13NO3/c1-9-8-11(14(16)17)5-6-12(9)18-13-4-3-7-15-10(13)2/h3-8H,1-2H3,(H,16,17). The number of carbonyl (C=O) groups is 1. The molecule has 0 amide bonds. The van der Waals surface area contributed by atoms with E-state index in [1.54, 1.807) is 24.4 Å². The smallest absolute Gasteiger partial charge is 0.335 e. The number of carboxylic acids is 1. The molecular weight excluding hydrogens is 230 g/mol. The zero-order chi connectivity index (χ0) is 13.1. The number of hydrogen-bond donors (Lipinski definition) is 1. The Morgan fingerprint density at radius 2 is 2.00 bits per heavy atom. The first-order valence-electron chi connectivity index (χ1n) is 5.51. The molecule has 1 aromatic carbocycles. The normalized spacial score (nSPS) is 10.1. The summed E-state index contributed by atoms with van der Waals surface area (Å²) in [6.07, 6.45) is 1.70. The molecule has 1 aromatic heterocycles. The van der Waals surface area contributed by atoms with Crippen LogP contribution < -0.4 is 4.74 Å². The number of carboxylic acid groups (broad SMARTS) is 1. The third-order valence-electron chi connectivity index (χ3n) is 2.60. The van der Waals surface area contributed by atoms with Crippen molar-refractivity contribution in [1.29, 1.82) is 0 Å². The Balaban J connectivity index is 2.30. The van der Waals surface area contributed by atoms with Gasteiger partial charge in [0.05, 0.1) is 11.3 Å². The van der Waals surface area contributed by atoms with Crippen molar-refractivity contribution in [3.8, 4) is 11.5 Å². The van der Waals surface area contributed by atoms with Crippen molar-refractivity contribution in [3.63, 3.8) is 0 Å². The second kappa shape index (κ2) is 4.87. The molecule has 0 aliphatic rings. The van der Waals surface area contributed by atoms with Crippen LogP contribution >= 0.6 is 0 Å². The molecule has 0 saturated heterocycles. The Kier molecular flexibility index (Phi) is 3.28. The van der Waals surface area contributed by atoms with Gasteiger partial charge in [0, 0.05) is 6.20 Å². The molecule has 0 saturated carbocycles. The van der Waals surface area contributed by atoms with Crippen LogP contribution in [0.15, 0.2) is 36.5 Å². The van der Waals surface area contributed by atoms with E-state index in [1.807, 2.05) is 19.9 Å². The monoisotopic (exact) mass is 243 g/mol. The molecule has 0 unspecified atom stereocenters. The first kappa shape index (κ1) is 12.1. The maximum absolute atomic E-state index is 10.8. The predicted octanol–water partition coefficient (Wildman–Crippen LogP) is 3.19. The molecular formula is C14H13NO3. The van der Waals surface area contributed by atoms with Crippen LogP contribution in [0.3, 0.4) is 0 Å². The summed E-state index contributed by atoms with van der Waals surface area (Å²) in [4.78, 5) is 15.0. The van der Waals surface area contributed by atoms with E-state index in [0.717, 1.165) is 11.3 Å². The lowest BCUT2D eigenvalue weighted by Gasteiger charge is -2.10. The predicted molar refractivity (Wildman–Crippen MR) is 67.2 cm³/mol. The van der Waals surface area contributed by atoms with Crippen molar-refractivity contribution in [1.82, 2.24) is 4.98 Å². The molecule has 0 aliphatic carbocycles. The second-order valence-electron chi connectivity index (χ2n) is 3.97. The molecule has 0 spiro atoms. The van der Waals surface area contributed by atoms with Crippen molar-refractivity contribution in [3.05, 3.63) is 53.3 Å². The number of hydrogen-bond acceptors (Lipinski definition) is 3. The first-order chi connectivity index (χ1) is 8.58. The minimum Gasteiger partial charge on any atom is -0.478 e. The molecule has 92 valence electrons. The Morgan fingerprint density at radius 3 is 2.61 bits per heavy atom. The van der Waals surface area contributed by atoms with Crippen molar-refractivity contribution in [2.24, 2.45) is 0 Å². The summed E-state index contributed by atoms with van der Waals surface area (Å²) in [7, 11) is 0. The van der Waals surface area contributed by atoms with Crippen LogP contribution in [0.25, 0.3) is 0 Å². The van der Waals surface area contributed by atoms with Gasteiger partial charge < -0.3 is 9.84 Å². The second-order valence-corrected chi connectivity index (χ2v) is 3.97. The molecule has 0 aliphatic heterocycles. The van der Waals surface area contributed by atoms with E-state index in [2.05, 4.69) is 4.98 Å². The largest absolute Gasteiger partial charge is 0.478 e. The number of benzene rings is 1. The third kappa shape index (κ3) is 2.48. The van der Waals surface area contributed by atoms with Gasteiger partial charge in [0.15, 0.2) is 0 Å². The molecule has 4 heteroatoms. The summed E-state index contributed by atoms with van der Waals surface area (Å²) in [5, 5.41) is 8.88. The van der Waals surface area contributed by atoms with E-state index in [0.29, 0.717) is 11.5 Å². The quantitative estimate of drug-likeness (QED) is 0.899. The van der Waals surface area contributed by atoms with Gasteiger partial charge in [0.1, 0.15) is 11.5 Å². The fraction of sp³-hybridized carbons (Fsp3) is 0.143. The molecule has 0 bridgehead atoms. The molecule has 18 heavy (non-hydrogen) atoms. The Hall–Kier alpha value is -2.36. The van der Waals surface area contributed by atoms with Crippen molar-refractivity contribution in [2.75, 3.05) is 0 Å². The van der Waals surface area contributed by atoms with Crippen LogP contribution in [0.2, 0.25) is 0 Å². The molecule has 4 nitrogen and oxygen atoms in total. The van der Waals surface area contributed by atoms with E-state index in [1.165, 1.54) is 6.07 Å². The zero-order valence-electron chi connectivity index (χ0n) is 10.2. The Morgan fingerprint density at radius 1 is 1.22 bits per heavy atom. The van der Waals surface area contributed by atoms with Crippen LogP contribution in [0, 0.1) is 13.8 Å². The topological polar surface area (TPSA) is 59.4 Å². The van der Waals surface area contributed by atoms with Gasteiger partial charge in [-0.15, -0.1) is 0 Å². The van der Waals surface area contributed by atoms with Gasteiger partial charge in [-0.2, -0.15) is 0 Å². The summed E-state index contributed by atoms with van der Waals surface area (Å²) in [6.45, 7) is 3.67. The highest BCUT2D eigenvalue weighted by molar-refractivity contribution is 5.88. The first-order valence-corrected chi connectivity index (χ1v) is 5.51. The summed E-state index contributed by atoms with van der Waals surface area (Å²) in [5.74, 6) is 0.363. The van der Waals surface area contributed by atoms with Gasteiger partial charge in [-0.3, -0.25) is 4.98 Å². The van der Waals surface area contributed by atoms with Gasteiger partial charge in [0.25, 0.3) is 0 Å². The fourth-order valence-corrected chi connectivity index (χ4v) is 1.59. The lowest BCUT2D eigenvalue weighted by Crippen LogP contribution is -1.98. The zero-order valence-corrected chi connectivity index (χ0v) is 10.2. The van der Waals surface area contributed by atoms with Crippen LogP contribution in [0.1, 0.15) is 21.6 Å². The Labute approximate surface area is 105 Å². The van der Waals surface area contributed by atoms with Crippen molar-refractivity contribution < 1.29 is 14.6 Å². The lowest BCUT2D eigenvalue weighted by molar-refractivity contribution is 0.0697. The van der Waals surface area contributed by atoms with Gasteiger partial charge in [-0.25, -0.2) is 4.79 Å². The average Bonchev–Trinajstić information content (AvgIpc) is 2.34. The number of nitrogens with zero attached hydrogens (tertiary/aromatic N) is 1. The molecule has 1 heterocycles. The maximum Gasteiger partial charge on any atom is 0.335 e. The van der Waals surface area contributed by atoms with Gasteiger partial charge in [-0.1, -0.05) is 0 Å². The summed E-state index contributed by atoms with van der Waals surface area (Å²) in [6, 6.07) is 8.39. The summed E-state index contributed by atoms with van der Waals surface area (Å²) in [5.41, 5.74) is 1.82. The average molecular weight is 243 g/mol. The number of ether oxygens (including phenoxy) is 1. The highest BCUT2D eigenvalue weighted by atomic mass is 16.5. The van der Waals surface area contributed by atoms with E-state index in [-0.39, 0.29) is 5.56 Å². The van der Waals surface area contributed by atoms with E-state index in [9.17, 15) is 4.79 Å². The number of aromatic nitrogens is 1. The molecule has 0 fully saturated rings. The van der Waals surface area contributed by atoms with Crippen molar-refractivity contribution >= 4 is 5.97 Å². The van der Waals surface area contributed by atoms with Crippen molar-refractivity contribution in [2.45, 2.75) is 13.8 Å². The molecule has 2 rings (SSSR count). The summed E-state index contributed by atoms with van der Waals surface area (Å²) >= 11 is 0. The number of aromatic carboxylic acids is 1. The SMILES string of the molecule is Cc1cc(C(=O)O)ccc1Oc1cccnc1C. The molecule has 2 aromatic rings. The number of rotatable bonds is 3. The molecule has 0 radical (unpaired) electrons. The maximum atomic E-state index is 10.8.